The van der Waals surface area contributed by atoms with Gasteiger partial charge >= 0.3 is 6.03 Å². The molecular formula is C21H24N4O3S. The first-order chi connectivity index (χ1) is 14.2. The fourth-order valence-corrected chi connectivity index (χ4v) is 4.35. The number of benzene rings is 2. The van der Waals surface area contributed by atoms with Gasteiger partial charge in [-0.3, -0.25) is 10.2 Å². The average Bonchev–Trinajstić information content (AvgIpc) is 3.18. The van der Waals surface area contributed by atoms with E-state index in [0.717, 1.165) is 54.2 Å². The first-order valence-corrected chi connectivity index (χ1v) is 10.4. The molecule has 1 saturated heterocycles. The molecule has 0 radical (unpaired) electrons. The molecule has 0 bridgehead atoms. The normalized spacial score (nSPS) is 14.7. The van der Waals surface area contributed by atoms with Gasteiger partial charge in [-0.15, -0.1) is 0 Å². The van der Waals surface area contributed by atoms with Crippen LogP contribution in [-0.2, 0) is 4.74 Å². The van der Waals surface area contributed by atoms with Crippen LogP contribution >= 0.6 is 11.3 Å². The molecule has 0 saturated carbocycles. The minimum atomic E-state index is -0.252. The zero-order chi connectivity index (χ0) is 20.1. The van der Waals surface area contributed by atoms with E-state index in [2.05, 4.69) is 32.7 Å². The van der Waals surface area contributed by atoms with Crippen LogP contribution in [0, 0.1) is 0 Å². The summed E-state index contributed by atoms with van der Waals surface area (Å²) < 4.78 is 11.8. The number of morpholine rings is 1. The number of carbonyl (C=O) groups excluding carboxylic acids is 1. The number of hydrogen-bond acceptors (Lipinski definition) is 6. The van der Waals surface area contributed by atoms with Crippen LogP contribution in [0.1, 0.15) is 0 Å². The van der Waals surface area contributed by atoms with Crippen molar-refractivity contribution in [2.45, 2.75) is 0 Å². The van der Waals surface area contributed by atoms with Crippen molar-refractivity contribution < 1.29 is 14.3 Å². The van der Waals surface area contributed by atoms with Crippen molar-refractivity contribution in [1.29, 1.82) is 0 Å². The molecule has 2 aromatic carbocycles. The zero-order valence-corrected chi connectivity index (χ0v) is 17.1. The second-order valence-corrected chi connectivity index (χ2v) is 7.71. The van der Waals surface area contributed by atoms with Gasteiger partial charge in [-0.1, -0.05) is 41.7 Å². The highest BCUT2D eigenvalue weighted by atomic mass is 32.1. The summed E-state index contributed by atoms with van der Waals surface area (Å²) in [6.45, 7) is 4.71. The third-order valence-corrected chi connectivity index (χ3v) is 5.85. The maximum absolute atomic E-state index is 12.3. The molecule has 2 amide bonds. The van der Waals surface area contributed by atoms with Crippen molar-refractivity contribution in [3.8, 4) is 16.9 Å². The van der Waals surface area contributed by atoms with Crippen LogP contribution in [0.3, 0.4) is 0 Å². The third-order valence-electron chi connectivity index (χ3n) is 4.85. The van der Waals surface area contributed by atoms with Crippen molar-refractivity contribution >= 4 is 32.7 Å². The van der Waals surface area contributed by atoms with Crippen LogP contribution in [-0.4, -0.2) is 62.4 Å². The minimum Gasteiger partial charge on any atom is -0.494 e. The Kier molecular flexibility index (Phi) is 6.24. The monoisotopic (exact) mass is 412 g/mol. The maximum atomic E-state index is 12.3. The molecule has 1 fully saturated rings. The Balaban J connectivity index is 1.47. The van der Waals surface area contributed by atoms with Crippen LogP contribution in [0.5, 0.6) is 5.75 Å². The molecule has 2 heterocycles. The Bertz CT molecular complexity index is 971. The van der Waals surface area contributed by atoms with Crippen LogP contribution in [0.25, 0.3) is 21.3 Å². The van der Waals surface area contributed by atoms with E-state index in [1.807, 2.05) is 30.3 Å². The fourth-order valence-electron chi connectivity index (χ4n) is 3.34. The number of carbonyl (C=O) groups is 1. The number of methoxy groups -OCH3 is 1. The highest BCUT2D eigenvalue weighted by Gasteiger charge is 2.16. The van der Waals surface area contributed by atoms with Gasteiger partial charge in [-0.2, -0.15) is 0 Å². The Labute approximate surface area is 173 Å². The number of urea groups is 1. The van der Waals surface area contributed by atoms with E-state index in [9.17, 15) is 4.79 Å². The number of anilines is 1. The molecule has 1 aromatic heterocycles. The molecule has 2 N–H and O–H groups in total. The Morgan fingerprint density at radius 3 is 2.76 bits per heavy atom. The summed E-state index contributed by atoms with van der Waals surface area (Å²) in [5, 5.41) is 6.31. The Morgan fingerprint density at radius 2 is 2.00 bits per heavy atom. The molecule has 0 aliphatic carbocycles. The Morgan fingerprint density at radius 1 is 1.21 bits per heavy atom. The van der Waals surface area contributed by atoms with Gasteiger partial charge in [0.2, 0.25) is 0 Å². The predicted molar refractivity (Wildman–Crippen MR) is 116 cm³/mol. The summed E-state index contributed by atoms with van der Waals surface area (Å²) >= 11 is 1.45. The SMILES string of the molecule is COc1ccc(-c2ccccc2)c2sc(NC(=O)NCCN3CCOCC3)nc12. The van der Waals surface area contributed by atoms with Crippen LogP contribution in [0.2, 0.25) is 0 Å². The molecule has 8 heteroatoms. The number of nitrogens with one attached hydrogen (secondary N) is 2. The predicted octanol–water partition coefficient (Wildman–Crippen LogP) is 3.43. The molecule has 0 unspecified atom stereocenters. The smallest absolute Gasteiger partial charge is 0.321 e. The van der Waals surface area contributed by atoms with E-state index in [4.69, 9.17) is 9.47 Å². The van der Waals surface area contributed by atoms with E-state index in [1.54, 1.807) is 7.11 Å². The van der Waals surface area contributed by atoms with Crippen molar-refractivity contribution in [3.05, 3.63) is 42.5 Å². The summed E-state index contributed by atoms with van der Waals surface area (Å²) in [7, 11) is 1.63. The third kappa shape index (κ3) is 4.67. The van der Waals surface area contributed by atoms with Crippen LogP contribution < -0.4 is 15.4 Å². The molecule has 29 heavy (non-hydrogen) atoms. The number of amides is 2. The first kappa shape index (κ1) is 19.6. The lowest BCUT2D eigenvalue weighted by Crippen LogP contribution is -2.42. The molecule has 1 aliphatic rings. The topological polar surface area (TPSA) is 75.7 Å². The van der Waals surface area contributed by atoms with Crippen molar-refractivity contribution in [2.75, 3.05) is 51.8 Å². The molecule has 0 spiro atoms. The van der Waals surface area contributed by atoms with Crippen LogP contribution in [0.4, 0.5) is 9.93 Å². The number of hydrogen-bond donors (Lipinski definition) is 2. The van der Waals surface area contributed by atoms with Gasteiger partial charge in [0.1, 0.15) is 11.3 Å². The lowest BCUT2D eigenvalue weighted by atomic mass is 10.1. The molecule has 7 nitrogen and oxygen atoms in total. The lowest BCUT2D eigenvalue weighted by molar-refractivity contribution is 0.0388. The van der Waals surface area contributed by atoms with E-state index < -0.39 is 0 Å². The number of fused-ring (bicyclic) bond motifs is 1. The second-order valence-electron chi connectivity index (χ2n) is 6.71. The molecular weight excluding hydrogens is 388 g/mol. The average molecular weight is 413 g/mol. The zero-order valence-electron chi connectivity index (χ0n) is 16.3. The van der Waals surface area contributed by atoms with E-state index in [1.165, 1.54) is 11.3 Å². The second kappa shape index (κ2) is 9.21. The number of ether oxygens (including phenoxy) is 2. The van der Waals surface area contributed by atoms with Gasteiger partial charge in [-0.05, 0) is 17.7 Å². The van der Waals surface area contributed by atoms with Gasteiger partial charge in [0, 0.05) is 31.7 Å². The number of aromatic nitrogens is 1. The molecule has 3 aromatic rings. The van der Waals surface area contributed by atoms with Crippen molar-refractivity contribution in [2.24, 2.45) is 0 Å². The summed E-state index contributed by atoms with van der Waals surface area (Å²) in [5.41, 5.74) is 2.92. The van der Waals surface area contributed by atoms with Crippen molar-refractivity contribution in [1.82, 2.24) is 15.2 Å². The first-order valence-electron chi connectivity index (χ1n) is 9.62. The highest BCUT2D eigenvalue weighted by Crippen LogP contribution is 2.39. The van der Waals surface area contributed by atoms with Gasteiger partial charge < -0.3 is 14.8 Å². The highest BCUT2D eigenvalue weighted by molar-refractivity contribution is 7.23. The van der Waals surface area contributed by atoms with Gasteiger partial charge in [-0.25, -0.2) is 9.78 Å². The summed E-state index contributed by atoms with van der Waals surface area (Å²) in [5.74, 6) is 0.691. The summed E-state index contributed by atoms with van der Waals surface area (Å²) in [6, 6.07) is 13.8. The lowest BCUT2D eigenvalue weighted by Gasteiger charge is -2.26. The summed E-state index contributed by atoms with van der Waals surface area (Å²) in [6.07, 6.45) is 0. The molecule has 152 valence electrons. The van der Waals surface area contributed by atoms with Crippen LogP contribution in [0.15, 0.2) is 42.5 Å². The van der Waals surface area contributed by atoms with E-state index >= 15 is 0 Å². The maximum Gasteiger partial charge on any atom is 0.321 e. The fraction of sp³-hybridized carbons (Fsp3) is 0.333. The van der Waals surface area contributed by atoms with E-state index in [0.29, 0.717) is 17.4 Å². The number of rotatable bonds is 6. The van der Waals surface area contributed by atoms with Gasteiger partial charge in [0.05, 0.1) is 25.0 Å². The minimum absolute atomic E-state index is 0.252. The Hall–Kier alpha value is -2.68. The molecule has 0 atom stereocenters. The molecule has 1 aliphatic heterocycles. The van der Waals surface area contributed by atoms with Crippen molar-refractivity contribution in [3.63, 3.8) is 0 Å². The van der Waals surface area contributed by atoms with Gasteiger partial charge in [0.15, 0.2) is 5.13 Å². The quantitative estimate of drug-likeness (QED) is 0.649. The summed E-state index contributed by atoms with van der Waals surface area (Å²) in [4.78, 5) is 19.2. The number of thiazole rings is 1. The molecule has 4 rings (SSSR count). The largest absolute Gasteiger partial charge is 0.494 e. The van der Waals surface area contributed by atoms with E-state index in [-0.39, 0.29) is 6.03 Å². The number of nitrogens with zero attached hydrogens (tertiary/aromatic N) is 2. The standard InChI is InChI=1S/C21H24N4O3S/c1-27-17-8-7-16(15-5-3-2-4-6-15)19-18(17)23-21(29-19)24-20(26)22-9-10-25-11-13-28-14-12-25/h2-8H,9-14H2,1H3,(H2,22,23,24,26). The van der Waals surface area contributed by atoms with Gasteiger partial charge in [0.25, 0.3) is 0 Å².